The number of piperidine rings is 1. The zero-order valence-electron chi connectivity index (χ0n) is 12.6. The van der Waals surface area contributed by atoms with E-state index in [4.69, 9.17) is 10.5 Å². The normalized spacial score (nSPS) is 22.6. The lowest BCUT2D eigenvalue weighted by Crippen LogP contribution is -2.47. The molecule has 1 aromatic rings. The van der Waals surface area contributed by atoms with Crippen molar-refractivity contribution in [3.63, 3.8) is 0 Å². The highest BCUT2D eigenvalue weighted by molar-refractivity contribution is 9.10. The smallest absolute Gasteiger partial charge is 0.283 e. The molecule has 1 fully saturated rings. The third kappa shape index (κ3) is 3.64. The van der Waals surface area contributed by atoms with Crippen LogP contribution >= 0.6 is 15.9 Å². The number of methoxy groups -OCH3 is 1. The summed E-state index contributed by atoms with van der Waals surface area (Å²) in [5.41, 5.74) is 6.62. The summed E-state index contributed by atoms with van der Waals surface area (Å²) < 4.78 is 6.97. The molecule has 0 bridgehead atoms. The molecule has 0 radical (unpaired) electrons. The van der Waals surface area contributed by atoms with Gasteiger partial charge in [-0.05, 0) is 34.7 Å². The van der Waals surface area contributed by atoms with Crippen molar-refractivity contribution in [1.82, 2.24) is 9.78 Å². The number of hydrogen-bond acceptors (Lipinski definition) is 5. The van der Waals surface area contributed by atoms with Crippen molar-refractivity contribution < 1.29 is 4.74 Å². The first-order chi connectivity index (χ1) is 10.1. The Morgan fingerprint density at radius 1 is 1.57 bits per heavy atom. The first-order valence-electron chi connectivity index (χ1n) is 7.29. The fourth-order valence-corrected chi connectivity index (χ4v) is 3.32. The van der Waals surface area contributed by atoms with E-state index in [1.165, 1.54) is 4.68 Å². The fraction of sp³-hybridized carbons (Fsp3) is 0.714. The average Bonchev–Trinajstić information content (AvgIpc) is 2.49. The van der Waals surface area contributed by atoms with Crippen LogP contribution < -0.4 is 16.2 Å². The van der Waals surface area contributed by atoms with E-state index < -0.39 is 0 Å². The Bertz CT molecular complexity index is 534. The van der Waals surface area contributed by atoms with Gasteiger partial charge in [0.15, 0.2) is 0 Å². The predicted octanol–water partition coefficient (Wildman–Crippen LogP) is 1.22. The Labute approximate surface area is 133 Å². The molecule has 1 saturated heterocycles. The monoisotopic (exact) mass is 358 g/mol. The van der Waals surface area contributed by atoms with Crippen molar-refractivity contribution >= 4 is 21.6 Å². The summed E-state index contributed by atoms with van der Waals surface area (Å²) in [4.78, 5) is 14.5. The minimum absolute atomic E-state index is 0.126. The van der Waals surface area contributed by atoms with Crippen molar-refractivity contribution in [2.24, 2.45) is 11.7 Å². The van der Waals surface area contributed by atoms with Gasteiger partial charge in [-0.15, -0.1) is 0 Å². The standard InChI is InChI=1S/C14H23BrN4O2/c1-10-3-4-18(11(7-10)8-16)12-9-17-19(5-6-21-2)14(20)13(12)15/h9-11H,3-8,16H2,1-2H3. The van der Waals surface area contributed by atoms with Crippen molar-refractivity contribution in [2.45, 2.75) is 32.4 Å². The molecular formula is C14H23BrN4O2. The van der Waals surface area contributed by atoms with Gasteiger partial charge in [0.1, 0.15) is 4.47 Å². The third-order valence-corrected chi connectivity index (χ3v) is 4.78. The van der Waals surface area contributed by atoms with E-state index in [-0.39, 0.29) is 11.6 Å². The first kappa shape index (κ1) is 16.5. The molecule has 6 nitrogen and oxygen atoms in total. The SMILES string of the molecule is COCCn1ncc(N2CCC(C)CC2CN)c(Br)c1=O. The minimum atomic E-state index is -0.126. The zero-order valence-corrected chi connectivity index (χ0v) is 14.2. The molecular weight excluding hydrogens is 336 g/mol. The van der Waals surface area contributed by atoms with E-state index >= 15 is 0 Å². The maximum Gasteiger partial charge on any atom is 0.283 e. The van der Waals surface area contributed by atoms with E-state index in [1.54, 1.807) is 13.3 Å². The Morgan fingerprint density at radius 3 is 3.00 bits per heavy atom. The lowest BCUT2D eigenvalue weighted by atomic mass is 9.92. The largest absolute Gasteiger partial charge is 0.383 e. The topological polar surface area (TPSA) is 73.4 Å². The van der Waals surface area contributed by atoms with Gasteiger partial charge in [-0.25, -0.2) is 4.68 Å². The van der Waals surface area contributed by atoms with Crippen LogP contribution in [-0.4, -0.2) is 42.6 Å². The number of ether oxygens (including phenoxy) is 1. The molecule has 21 heavy (non-hydrogen) atoms. The molecule has 0 spiro atoms. The van der Waals surface area contributed by atoms with Crippen LogP contribution in [-0.2, 0) is 11.3 Å². The molecule has 0 aliphatic carbocycles. The lowest BCUT2D eigenvalue weighted by Gasteiger charge is -2.39. The highest BCUT2D eigenvalue weighted by atomic mass is 79.9. The maximum absolute atomic E-state index is 12.3. The second kappa shape index (κ2) is 7.38. The van der Waals surface area contributed by atoms with E-state index in [0.717, 1.165) is 25.1 Å². The molecule has 2 atom stereocenters. The molecule has 1 aliphatic rings. The van der Waals surface area contributed by atoms with Crippen LogP contribution in [0.5, 0.6) is 0 Å². The molecule has 2 rings (SSSR count). The van der Waals surface area contributed by atoms with Crippen LogP contribution in [0.3, 0.4) is 0 Å². The minimum Gasteiger partial charge on any atom is -0.383 e. The summed E-state index contributed by atoms with van der Waals surface area (Å²) in [5, 5.41) is 4.25. The van der Waals surface area contributed by atoms with Gasteiger partial charge in [0.2, 0.25) is 0 Å². The quantitative estimate of drug-likeness (QED) is 0.856. The number of nitrogens with zero attached hydrogens (tertiary/aromatic N) is 3. The third-order valence-electron chi connectivity index (χ3n) is 4.03. The van der Waals surface area contributed by atoms with Crippen LogP contribution in [0.15, 0.2) is 15.5 Å². The van der Waals surface area contributed by atoms with E-state index in [2.05, 4.69) is 32.9 Å². The Hall–Kier alpha value is -0.920. The Balaban J connectivity index is 2.27. The Morgan fingerprint density at radius 2 is 2.33 bits per heavy atom. The molecule has 1 aliphatic heterocycles. The molecule has 0 aromatic carbocycles. The average molecular weight is 359 g/mol. The fourth-order valence-electron chi connectivity index (χ4n) is 2.79. The van der Waals surface area contributed by atoms with Gasteiger partial charge >= 0.3 is 0 Å². The van der Waals surface area contributed by atoms with Crippen LogP contribution in [0.25, 0.3) is 0 Å². The summed E-state index contributed by atoms with van der Waals surface area (Å²) in [5.74, 6) is 0.670. The van der Waals surface area contributed by atoms with Crippen molar-refractivity contribution in [1.29, 1.82) is 0 Å². The number of aromatic nitrogens is 2. The van der Waals surface area contributed by atoms with Crippen molar-refractivity contribution in [3.05, 3.63) is 21.0 Å². The Kier molecular flexibility index (Phi) is 5.78. The highest BCUT2D eigenvalue weighted by Gasteiger charge is 2.27. The summed E-state index contributed by atoms with van der Waals surface area (Å²) in [6.45, 7) is 4.65. The number of rotatable bonds is 5. The van der Waals surface area contributed by atoms with Crippen LogP contribution in [0.1, 0.15) is 19.8 Å². The lowest BCUT2D eigenvalue weighted by molar-refractivity contribution is 0.181. The number of nitrogens with two attached hydrogens (primary N) is 1. The summed E-state index contributed by atoms with van der Waals surface area (Å²) >= 11 is 3.43. The van der Waals surface area contributed by atoms with E-state index in [9.17, 15) is 4.79 Å². The van der Waals surface area contributed by atoms with Gasteiger partial charge in [0.25, 0.3) is 5.56 Å². The van der Waals surface area contributed by atoms with E-state index in [1.807, 2.05) is 0 Å². The van der Waals surface area contributed by atoms with Crippen molar-refractivity contribution in [2.75, 3.05) is 31.7 Å². The molecule has 2 heterocycles. The van der Waals surface area contributed by atoms with Gasteiger partial charge in [-0.3, -0.25) is 4.79 Å². The second-order valence-corrected chi connectivity index (χ2v) is 6.37. The van der Waals surface area contributed by atoms with Crippen LogP contribution in [0.4, 0.5) is 5.69 Å². The summed E-state index contributed by atoms with van der Waals surface area (Å²) in [7, 11) is 1.61. The number of halogens is 1. The van der Waals surface area contributed by atoms with Gasteiger partial charge in [0.05, 0.1) is 25.0 Å². The molecule has 2 N–H and O–H groups in total. The van der Waals surface area contributed by atoms with Gasteiger partial charge in [0, 0.05) is 26.2 Å². The summed E-state index contributed by atoms with van der Waals surface area (Å²) in [6, 6.07) is 0.265. The van der Waals surface area contributed by atoms with Gasteiger partial charge in [-0.2, -0.15) is 5.10 Å². The molecule has 118 valence electrons. The van der Waals surface area contributed by atoms with Crippen LogP contribution in [0, 0.1) is 5.92 Å². The highest BCUT2D eigenvalue weighted by Crippen LogP contribution is 2.30. The van der Waals surface area contributed by atoms with Crippen molar-refractivity contribution in [3.8, 4) is 0 Å². The second-order valence-electron chi connectivity index (χ2n) is 5.58. The molecule has 1 aromatic heterocycles. The molecule has 0 saturated carbocycles. The number of anilines is 1. The first-order valence-corrected chi connectivity index (χ1v) is 8.09. The molecule has 7 heteroatoms. The van der Waals surface area contributed by atoms with Crippen LogP contribution in [0.2, 0.25) is 0 Å². The zero-order chi connectivity index (χ0) is 15.4. The van der Waals surface area contributed by atoms with Gasteiger partial charge in [-0.1, -0.05) is 6.92 Å². The summed E-state index contributed by atoms with van der Waals surface area (Å²) in [6.07, 6.45) is 3.91. The predicted molar refractivity (Wildman–Crippen MR) is 86.7 cm³/mol. The van der Waals surface area contributed by atoms with E-state index in [0.29, 0.717) is 30.1 Å². The number of hydrogen-bond donors (Lipinski definition) is 1. The molecule has 0 amide bonds. The van der Waals surface area contributed by atoms with Gasteiger partial charge < -0.3 is 15.4 Å². The maximum atomic E-state index is 12.3. The molecule has 2 unspecified atom stereocenters.